The van der Waals surface area contributed by atoms with Crippen LogP contribution in [0.4, 0.5) is 0 Å². The second kappa shape index (κ2) is 6.28. The Hall–Kier alpha value is -1.56. The van der Waals surface area contributed by atoms with Crippen molar-refractivity contribution in [3.05, 3.63) is 46.2 Å². The molecule has 1 aromatic carbocycles. The zero-order chi connectivity index (χ0) is 15.7. The Kier molecular flexibility index (Phi) is 4.38. The molecule has 5 nitrogen and oxygen atoms in total. The van der Waals surface area contributed by atoms with Crippen molar-refractivity contribution >= 4 is 29.1 Å². The van der Waals surface area contributed by atoms with Crippen molar-refractivity contribution in [3.63, 3.8) is 0 Å². The third-order valence-electron chi connectivity index (χ3n) is 3.73. The van der Waals surface area contributed by atoms with Crippen molar-refractivity contribution in [1.29, 1.82) is 0 Å². The molecule has 0 spiro atoms. The van der Waals surface area contributed by atoms with E-state index in [1.54, 1.807) is 40.2 Å². The van der Waals surface area contributed by atoms with Crippen LogP contribution < -0.4 is 5.73 Å². The van der Waals surface area contributed by atoms with E-state index >= 15 is 0 Å². The predicted octanol–water partition coefficient (Wildman–Crippen LogP) is 2.74. The maximum absolute atomic E-state index is 12.5. The summed E-state index contributed by atoms with van der Waals surface area (Å²) >= 11 is 12.1. The minimum atomic E-state index is -0.0496. The Bertz CT molecular complexity index is 701. The summed E-state index contributed by atoms with van der Waals surface area (Å²) in [6.07, 6.45) is 5.12. The van der Waals surface area contributed by atoms with E-state index in [2.05, 4.69) is 5.10 Å². The number of likely N-dealkylation sites (tertiary alicyclic amines) is 1. The Morgan fingerprint density at radius 3 is 2.91 bits per heavy atom. The monoisotopic (exact) mass is 338 g/mol. The van der Waals surface area contributed by atoms with Crippen LogP contribution in [-0.2, 0) is 0 Å². The smallest absolute Gasteiger partial charge is 0.257 e. The number of carbonyl (C=O) groups is 1. The summed E-state index contributed by atoms with van der Waals surface area (Å²) in [7, 11) is 0. The molecule has 7 heteroatoms. The zero-order valence-electron chi connectivity index (χ0n) is 11.9. The summed E-state index contributed by atoms with van der Waals surface area (Å²) in [5, 5.41) is 5.26. The number of aromatic nitrogens is 2. The van der Waals surface area contributed by atoms with Crippen molar-refractivity contribution in [2.24, 2.45) is 5.73 Å². The highest BCUT2D eigenvalue weighted by Crippen LogP contribution is 2.24. The van der Waals surface area contributed by atoms with E-state index in [0.29, 0.717) is 27.8 Å². The fourth-order valence-corrected chi connectivity index (χ4v) is 3.10. The van der Waals surface area contributed by atoms with Crippen LogP contribution in [0.25, 0.3) is 5.69 Å². The van der Waals surface area contributed by atoms with E-state index < -0.39 is 0 Å². The highest BCUT2D eigenvalue weighted by Gasteiger charge is 2.23. The van der Waals surface area contributed by atoms with Crippen molar-refractivity contribution < 1.29 is 4.79 Å². The normalized spacial score (nSPS) is 18.5. The van der Waals surface area contributed by atoms with Gasteiger partial charge in [0.25, 0.3) is 5.91 Å². The number of nitrogens with two attached hydrogens (primary N) is 1. The molecule has 1 saturated heterocycles. The van der Waals surface area contributed by atoms with Crippen LogP contribution in [0.1, 0.15) is 23.2 Å². The lowest BCUT2D eigenvalue weighted by Gasteiger charge is -2.30. The summed E-state index contributed by atoms with van der Waals surface area (Å²) < 4.78 is 1.58. The molecule has 0 saturated carbocycles. The fraction of sp³-hybridized carbons (Fsp3) is 0.333. The number of halogens is 2. The molecule has 0 bridgehead atoms. The van der Waals surface area contributed by atoms with E-state index in [0.717, 1.165) is 19.4 Å². The fourth-order valence-electron chi connectivity index (χ4n) is 2.61. The number of rotatable bonds is 2. The van der Waals surface area contributed by atoms with Gasteiger partial charge in [-0.25, -0.2) is 4.68 Å². The largest absolute Gasteiger partial charge is 0.337 e. The molecule has 1 aliphatic heterocycles. The minimum absolute atomic E-state index is 0.0496. The molecule has 0 aliphatic carbocycles. The van der Waals surface area contributed by atoms with Crippen molar-refractivity contribution in [1.82, 2.24) is 14.7 Å². The number of hydrogen-bond donors (Lipinski definition) is 1. The van der Waals surface area contributed by atoms with E-state index in [-0.39, 0.29) is 11.9 Å². The lowest BCUT2D eigenvalue weighted by molar-refractivity contribution is 0.0709. The zero-order valence-corrected chi connectivity index (χ0v) is 13.4. The summed E-state index contributed by atoms with van der Waals surface area (Å²) in [4.78, 5) is 14.3. The van der Waals surface area contributed by atoms with E-state index in [9.17, 15) is 4.79 Å². The maximum Gasteiger partial charge on any atom is 0.257 e. The maximum atomic E-state index is 12.5. The molecule has 2 heterocycles. The van der Waals surface area contributed by atoms with Gasteiger partial charge < -0.3 is 10.6 Å². The van der Waals surface area contributed by atoms with Gasteiger partial charge >= 0.3 is 0 Å². The minimum Gasteiger partial charge on any atom is -0.337 e. The molecule has 1 aliphatic rings. The molecule has 22 heavy (non-hydrogen) atoms. The van der Waals surface area contributed by atoms with Gasteiger partial charge in [0, 0.05) is 30.4 Å². The predicted molar refractivity (Wildman–Crippen MR) is 86.7 cm³/mol. The first-order valence-electron chi connectivity index (χ1n) is 7.09. The molecule has 3 rings (SSSR count). The second-order valence-corrected chi connectivity index (χ2v) is 6.27. The Morgan fingerprint density at radius 1 is 1.36 bits per heavy atom. The number of nitrogens with zero attached hydrogens (tertiary/aromatic N) is 3. The van der Waals surface area contributed by atoms with Gasteiger partial charge in [-0.2, -0.15) is 5.10 Å². The first-order valence-corrected chi connectivity index (χ1v) is 7.85. The Morgan fingerprint density at radius 2 is 2.18 bits per heavy atom. The van der Waals surface area contributed by atoms with E-state index in [1.807, 2.05) is 0 Å². The third-order valence-corrected chi connectivity index (χ3v) is 4.27. The SMILES string of the molecule is NC1CCCN(C(=O)c2cnn(-c3ccc(Cl)cc3Cl)c2)C1. The highest BCUT2D eigenvalue weighted by atomic mass is 35.5. The van der Waals surface area contributed by atoms with Crippen LogP contribution in [0.5, 0.6) is 0 Å². The van der Waals surface area contributed by atoms with Gasteiger partial charge in [0.2, 0.25) is 0 Å². The lowest BCUT2D eigenvalue weighted by Crippen LogP contribution is -2.45. The lowest BCUT2D eigenvalue weighted by atomic mass is 10.1. The van der Waals surface area contributed by atoms with Crippen LogP contribution in [-0.4, -0.2) is 39.7 Å². The quantitative estimate of drug-likeness (QED) is 0.915. The molecular formula is C15H16Cl2N4O. The number of carbonyl (C=O) groups excluding carboxylic acids is 1. The van der Waals surface area contributed by atoms with Gasteiger partial charge in [0.1, 0.15) is 0 Å². The summed E-state index contributed by atoms with van der Waals surface area (Å²) in [6, 6.07) is 5.20. The average molecular weight is 339 g/mol. The molecule has 2 aromatic rings. The molecule has 1 amide bonds. The van der Waals surface area contributed by atoms with Gasteiger partial charge in [-0.05, 0) is 31.0 Å². The van der Waals surface area contributed by atoms with Crippen molar-refractivity contribution in [3.8, 4) is 5.69 Å². The number of hydrogen-bond acceptors (Lipinski definition) is 3. The number of benzene rings is 1. The Labute approximate surface area is 138 Å². The molecule has 1 aromatic heterocycles. The van der Waals surface area contributed by atoms with Crippen LogP contribution >= 0.6 is 23.2 Å². The standard InChI is InChI=1S/C15H16Cl2N4O/c16-11-3-4-14(13(17)6-11)21-8-10(7-19-21)15(22)20-5-1-2-12(18)9-20/h3-4,6-8,12H,1-2,5,9,18H2. The van der Waals surface area contributed by atoms with Crippen LogP contribution in [0.2, 0.25) is 10.0 Å². The number of amides is 1. The third kappa shape index (κ3) is 3.11. The summed E-state index contributed by atoms with van der Waals surface area (Å²) in [5.41, 5.74) is 7.14. The Balaban J connectivity index is 1.82. The van der Waals surface area contributed by atoms with E-state index in [1.165, 1.54) is 0 Å². The van der Waals surface area contributed by atoms with Gasteiger partial charge in [-0.15, -0.1) is 0 Å². The van der Waals surface area contributed by atoms with E-state index in [4.69, 9.17) is 28.9 Å². The molecule has 2 N–H and O–H groups in total. The molecule has 1 atom stereocenters. The van der Waals surface area contributed by atoms with Crippen molar-refractivity contribution in [2.75, 3.05) is 13.1 Å². The van der Waals surface area contributed by atoms with Gasteiger partial charge in [0.05, 0.1) is 22.5 Å². The number of piperidine rings is 1. The van der Waals surface area contributed by atoms with Gasteiger partial charge in [-0.3, -0.25) is 4.79 Å². The summed E-state index contributed by atoms with van der Waals surface area (Å²) in [6.45, 7) is 1.32. The molecule has 116 valence electrons. The average Bonchev–Trinajstić information content (AvgIpc) is 2.96. The summed E-state index contributed by atoms with van der Waals surface area (Å²) in [5.74, 6) is -0.0496. The van der Waals surface area contributed by atoms with Crippen LogP contribution in [0.15, 0.2) is 30.6 Å². The van der Waals surface area contributed by atoms with Crippen LogP contribution in [0, 0.1) is 0 Å². The highest BCUT2D eigenvalue weighted by molar-refractivity contribution is 6.35. The first-order chi connectivity index (χ1) is 10.5. The van der Waals surface area contributed by atoms with Crippen molar-refractivity contribution in [2.45, 2.75) is 18.9 Å². The second-order valence-electron chi connectivity index (χ2n) is 5.42. The molecule has 1 fully saturated rings. The molecular weight excluding hydrogens is 323 g/mol. The topological polar surface area (TPSA) is 64.2 Å². The molecule has 0 radical (unpaired) electrons. The van der Waals surface area contributed by atoms with Gasteiger partial charge in [-0.1, -0.05) is 23.2 Å². The molecule has 1 unspecified atom stereocenters. The van der Waals surface area contributed by atoms with Gasteiger partial charge in [0.15, 0.2) is 0 Å². The first kappa shape index (κ1) is 15.3. The van der Waals surface area contributed by atoms with Crippen LogP contribution in [0.3, 0.4) is 0 Å².